The van der Waals surface area contributed by atoms with E-state index in [9.17, 15) is 4.79 Å². The fourth-order valence-electron chi connectivity index (χ4n) is 3.09. The Balaban J connectivity index is 1.36. The Kier molecular flexibility index (Phi) is 6.74. The largest absolute Gasteiger partial charge is 0.354 e. The SMILES string of the molecule is CCn1c(Cc2cccn2C)nnc1SCC(=O)Nc1nc(-c2ccc(Cl)cc2)cs1. The number of nitrogens with one attached hydrogen (secondary N) is 1. The molecule has 0 spiro atoms. The van der Waals surface area contributed by atoms with Crippen molar-refractivity contribution in [1.29, 1.82) is 0 Å². The zero-order valence-corrected chi connectivity index (χ0v) is 19.5. The fraction of sp³-hybridized carbons (Fsp3) is 0.238. The molecule has 3 aromatic heterocycles. The molecule has 0 saturated carbocycles. The highest BCUT2D eigenvalue weighted by Gasteiger charge is 2.15. The highest BCUT2D eigenvalue weighted by molar-refractivity contribution is 7.99. The quantitative estimate of drug-likeness (QED) is 0.375. The van der Waals surface area contributed by atoms with Gasteiger partial charge in [-0.15, -0.1) is 21.5 Å². The molecule has 4 aromatic rings. The number of thioether (sulfide) groups is 1. The summed E-state index contributed by atoms with van der Waals surface area (Å²) < 4.78 is 4.12. The minimum absolute atomic E-state index is 0.128. The van der Waals surface area contributed by atoms with Crippen LogP contribution in [0.1, 0.15) is 18.4 Å². The Labute approximate surface area is 193 Å². The number of hydrogen-bond donors (Lipinski definition) is 1. The molecule has 31 heavy (non-hydrogen) atoms. The molecular weight excluding hydrogens is 452 g/mol. The van der Waals surface area contributed by atoms with Crippen molar-refractivity contribution >= 4 is 45.7 Å². The van der Waals surface area contributed by atoms with Gasteiger partial charge in [-0.2, -0.15) is 0 Å². The first-order valence-electron chi connectivity index (χ1n) is 9.70. The molecule has 0 fully saturated rings. The van der Waals surface area contributed by atoms with E-state index in [-0.39, 0.29) is 11.7 Å². The zero-order valence-electron chi connectivity index (χ0n) is 17.1. The van der Waals surface area contributed by atoms with Gasteiger partial charge in [0.25, 0.3) is 0 Å². The third-order valence-electron chi connectivity index (χ3n) is 4.72. The van der Waals surface area contributed by atoms with Crippen molar-refractivity contribution in [2.75, 3.05) is 11.1 Å². The molecular formula is C21H21ClN6OS2. The lowest BCUT2D eigenvalue weighted by Gasteiger charge is -2.08. The van der Waals surface area contributed by atoms with Crippen LogP contribution in [0.2, 0.25) is 5.02 Å². The van der Waals surface area contributed by atoms with Crippen LogP contribution in [0.4, 0.5) is 5.13 Å². The normalized spacial score (nSPS) is 11.1. The van der Waals surface area contributed by atoms with Crippen molar-refractivity contribution in [3.8, 4) is 11.3 Å². The average molecular weight is 473 g/mol. The van der Waals surface area contributed by atoms with Crippen LogP contribution in [-0.4, -0.2) is 36.0 Å². The topological polar surface area (TPSA) is 77.6 Å². The minimum atomic E-state index is -0.128. The molecule has 10 heteroatoms. The Morgan fingerprint density at radius 2 is 2.03 bits per heavy atom. The Hall–Kier alpha value is -2.62. The van der Waals surface area contributed by atoms with Crippen LogP contribution in [0.15, 0.2) is 53.1 Å². The monoisotopic (exact) mass is 472 g/mol. The van der Waals surface area contributed by atoms with Gasteiger partial charge in [-0.1, -0.05) is 35.5 Å². The second-order valence-electron chi connectivity index (χ2n) is 6.81. The van der Waals surface area contributed by atoms with Crippen LogP contribution in [0, 0.1) is 0 Å². The molecule has 160 valence electrons. The Morgan fingerprint density at radius 1 is 1.23 bits per heavy atom. The molecule has 1 aromatic carbocycles. The van der Waals surface area contributed by atoms with Gasteiger partial charge in [0.15, 0.2) is 10.3 Å². The van der Waals surface area contributed by atoms with Gasteiger partial charge in [-0.05, 0) is 31.2 Å². The van der Waals surface area contributed by atoms with Crippen LogP contribution >= 0.6 is 34.7 Å². The zero-order chi connectivity index (χ0) is 21.8. The summed E-state index contributed by atoms with van der Waals surface area (Å²) in [6.45, 7) is 2.80. The Bertz CT molecular complexity index is 1180. The molecule has 7 nitrogen and oxygen atoms in total. The van der Waals surface area contributed by atoms with Crippen molar-refractivity contribution < 1.29 is 4.79 Å². The lowest BCUT2D eigenvalue weighted by atomic mass is 10.2. The van der Waals surface area contributed by atoms with Crippen molar-refractivity contribution in [1.82, 2.24) is 24.3 Å². The van der Waals surface area contributed by atoms with Gasteiger partial charge in [-0.3, -0.25) is 4.79 Å². The van der Waals surface area contributed by atoms with Gasteiger partial charge in [0.05, 0.1) is 11.4 Å². The average Bonchev–Trinajstić information content (AvgIpc) is 3.48. The van der Waals surface area contributed by atoms with Crippen molar-refractivity contribution in [2.24, 2.45) is 7.05 Å². The summed E-state index contributed by atoms with van der Waals surface area (Å²) in [6, 6.07) is 11.5. The molecule has 0 unspecified atom stereocenters. The summed E-state index contributed by atoms with van der Waals surface area (Å²) in [5.74, 6) is 0.995. The van der Waals surface area contributed by atoms with Gasteiger partial charge in [-0.25, -0.2) is 4.98 Å². The van der Waals surface area contributed by atoms with E-state index in [2.05, 4.69) is 38.1 Å². The predicted octanol–water partition coefficient (Wildman–Crippen LogP) is 4.74. The van der Waals surface area contributed by atoms with Gasteiger partial charge in [0, 0.05) is 47.9 Å². The number of benzene rings is 1. The third kappa shape index (κ3) is 5.17. The minimum Gasteiger partial charge on any atom is -0.354 e. The van der Waals surface area contributed by atoms with Crippen LogP contribution in [0.5, 0.6) is 0 Å². The second kappa shape index (κ2) is 9.67. The molecule has 0 saturated heterocycles. The van der Waals surface area contributed by atoms with E-state index >= 15 is 0 Å². The lowest BCUT2D eigenvalue weighted by Crippen LogP contribution is -2.14. The summed E-state index contributed by atoms with van der Waals surface area (Å²) in [4.78, 5) is 16.9. The van der Waals surface area contributed by atoms with Gasteiger partial charge < -0.3 is 14.5 Å². The molecule has 1 amide bonds. The van der Waals surface area contributed by atoms with Crippen molar-refractivity contribution in [2.45, 2.75) is 25.0 Å². The molecule has 0 aliphatic heterocycles. The second-order valence-corrected chi connectivity index (χ2v) is 9.05. The number of carbonyl (C=O) groups is 1. The van der Waals surface area contributed by atoms with Crippen LogP contribution < -0.4 is 5.32 Å². The molecule has 1 N–H and O–H groups in total. The number of amides is 1. The first-order chi connectivity index (χ1) is 15.0. The molecule has 4 rings (SSSR count). The molecule has 0 radical (unpaired) electrons. The van der Waals surface area contributed by atoms with E-state index in [0.717, 1.165) is 34.5 Å². The summed E-state index contributed by atoms with van der Waals surface area (Å²) in [5, 5.41) is 15.4. The maximum atomic E-state index is 12.4. The maximum absolute atomic E-state index is 12.4. The standard InChI is InChI=1S/C21H21ClN6OS2/c1-3-28-18(11-16-5-4-10-27(16)2)25-26-21(28)31-13-19(29)24-20-23-17(12-30-20)14-6-8-15(22)9-7-14/h4-10,12H,3,11,13H2,1-2H3,(H,23,24,29). The van der Waals surface area contributed by atoms with Crippen LogP contribution in [0.3, 0.4) is 0 Å². The number of hydrogen-bond acceptors (Lipinski definition) is 6. The smallest absolute Gasteiger partial charge is 0.236 e. The van der Waals surface area contributed by atoms with Crippen molar-refractivity contribution in [3.63, 3.8) is 0 Å². The third-order valence-corrected chi connectivity index (χ3v) is 6.70. The molecule has 0 atom stereocenters. The van der Waals surface area contributed by atoms with Crippen LogP contribution in [-0.2, 0) is 24.8 Å². The van der Waals surface area contributed by atoms with Gasteiger partial charge >= 0.3 is 0 Å². The van der Waals surface area contributed by atoms with E-state index in [1.807, 2.05) is 53.5 Å². The highest BCUT2D eigenvalue weighted by atomic mass is 35.5. The molecule has 0 aliphatic carbocycles. The van der Waals surface area contributed by atoms with Crippen molar-refractivity contribution in [3.05, 3.63) is 64.5 Å². The summed E-state index contributed by atoms with van der Waals surface area (Å²) in [5.41, 5.74) is 2.93. The number of aromatic nitrogens is 5. The first-order valence-corrected chi connectivity index (χ1v) is 11.9. The fourth-order valence-corrected chi connectivity index (χ4v) is 4.77. The number of nitrogens with zero attached hydrogens (tertiary/aromatic N) is 5. The lowest BCUT2D eigenvalue weighted by molar-refractivity contribution is -0.113. The molecule has 3 heterocycles. The van der Waals surface area contributed by atoms with E-state index in [4.69, 9.17) is 11.6 Å². The summed E-state index contributed by atoms with van der Waals surface area (Å²) >= 11 is 8.70. The summed E-state index contributed by atoms with van der Waals surface area (Å²) in [7, 11) is 2.01. The van der Waals surface area contributed by atoms with E-state index in [1.54, 1.807) is 0 Å². The van der Waals surface area contributed by atoms with E-state index < -0.39 is 0 Å². The number of anilines is 1. The first kappa shape index (κ1) is 21.6. The summed E-state index contributed by atoms with van der Waals surface area (Å²) in [6.07, 6.45) is 2.71. The van der Waals surface area contributed by atoms with Gasteiger partial charge in [0.1, 0.15) is 5.82 Å². The number of carbonyl (C=O) groups excluding carboxylic acids is 1. The molecule has 0 bridgehead atoms. The van der Waals surface area contributed by atoms with E-state index in [1.165, 1.54) is 23.1 Å². The number of aryl methyl sites for hydroxylation is 1. The number of thiazole rings is 1. The highest BCUT2D eigenvalue weighted by Crippen LogP contribution is 2.26. The van der Waals surface area contributed by atoms with Gasteiger partial charge in [0.2, 0.25) is 5.91 Å². The van der Waals surface area contributed by atoms with Crippen LogP contribution in [0.25, 0.3) is 11.3 Å². The number of halogens is 1. The predicted molar refractivity (Wildman–Crippen MR) is 126 cm³/mol. The van der Waals surface area contributed by atoms with E-state index in [0.29, 0.717) is 16.6 Å². The molecule has 0 aliphatic rings. The Morgan fingerprint density at radius 3 is 2.74 bits per heavy atom. The number of rotatable bonds is 8. The maximum Gasteiger partial charge on any atom is 0.236 e.